The van der Waals surface area contributed by atoms with Gasteiger partial charge in [-0.25, -0.2) is 9.37 Å². The molecule has 5 aliphatic rings. The van der Waals surface area contributed by atoms with Gasteiger partial charge in [-0.05, 0) is 80.3 Å². The predicted molar refractivity (Wildman–Crippen MR) is 202 cm³/mol. The number of fused-ring (bicyclic) bond motifs is 4. The fourth-order valence-corrected chi connectivity index (χ4v) is 9.48. The molecule has 52 heavy (non-hydrogen) atoms. The van der Waals surface area contributed by atoms with Gasteiger partial charge in [0.05, 0.1) is 46.4 Å². The van der Waals surface area contributed by atoms with Crippen LogP contribution < -0.4 is 5.32 Å². The minimum atomic E-state index is -0.473. The number of amides is 1. The quantitative estimate of drug-likeness (QED) is 0.163. The number of hydrogen-bond donors (Lipinski definition) is 1. The fourth-order valence-electron chi connectivity index (χ4n) is 9.09. The van der Waals surface area contributed by atoms with E-state index in [2.05, 4.69) is 46.0 Å². The summed E-state index contributed by atoms with van der Waals surface area (Å²) >= 11 is 13.1. The Labute approximate surface area is 312 Å². The first-order valence-electron chi connectivity index (χ1n) is 18.4. The number of hydrogen-bond acceptors (Lipinski definition) is 5. The number of nitriles is 1. The van der Waals surface area contributed by atoms with Gasteiger partial charge in [0, 0.05) is 71.2 Å². The third-order valence-corrected chi connectivity index (χ3v) is 12.8. The number of carbonyl (C=O) groups excluding carboxylic acids is 1. The Hall–Kier alpha value is -4.00. The second-order valence-electron chi connectivity index (χ2n) is 15.2. The molecule has 10 heteroatoms. The predicted octanol–water partition coefficient (Wildman–Crippen LogP) is 9.18. The van der Waals surface area contributed by atoms with Crippen LogP contribution in [0.1, 0.15) is 72.3 Å². The summed E-state index contributed by atoms with van der Waals surface area (Å²) < 4.78 is 26.2. The number of aryl methyl sites for hydroxylation is 3. The van der Waals surface area contributed by atoms with E-state index in [9.17, 15) is 10.1 Å². The third-order valence-electron chi connectivity index (χ3n) is 12.0. The van der Waals surface area contributed by atoms with Gasteiger partial charge >= 0.3 is 0 Å². The Morgan fingerprint density at radius 3 is 2.63 bits per heavy atom. The molecule has 266 valence electrons. The number of rotatable bonds is 9. The maximum Gasteiger partial charge on any atom is 0.226 e. The van der Waals surface area contributed by atoms with Crippen LogP contribution in [0.15, 0.2) is 54.6 Å². The summed E-state index contributed by atoms with van der Waals surface area (Å²) in [5.74, 6) is 0.220. The van der Waals surface area contributed by atoms with Crippen molar-refractivity contribution in [2.45, 2.75) is 83.2 Å². The van der Waals surface area contributed by atoms with Crippen LogP contribution in [0.25, 0.3) is 32.9 Å². The first-order valence-corrected chi connectivity index (χ1v) is 19.2. The number of nitrogens with zero attached hydrogens (tertiary/aromatic N) is 4. The van der Waals surface area contributed by atoms with E-state index in [0.717, 1.165) is 53.7 Å². The molecule has 2 bridgehead atoms. The zero-order valence-electron chi connectivity index (χ0n) is 29.3. The number of ether oxygens (including phenoxy) is 1. The minimum Gasteiger partial charge on any atom is -0.372 e. The van der Waals surface area contributed by atoms with Crippen molar-refractivity contribution in [3.63, 3.8) is 0 Å². The molecule has 1 N–H and O–H groups in total. The number of likely N-dealkylation sites (tertiary alicyclic amines) is 1. The van der Waals surface area contributed by atoms with Gasteiger partial charge in [0.25, 0.3) is 0 Å². The Morgan fingerprint density at radius 2 is 1.90 bits per heavy atom. The van der Waals surface area contributed by atoms with Crippen LogP contribution in [0.4, 0.5) is 4.39 Å². The second-order valence-corrected chi connectivity index (χ2v) is 15.9. The number of benzene rings is 3. The van der Waals surface area contributed by atoms with E-state index in [1.165, 1.54) is 5.56 Å². The minimum absolute atomic E-state index is 0.0646. The van der Waals surface area contributed by atoms with Crippen LogP contribution in [-0.4, -0.2) is 45.6 Å². The van der Waals surface area contributed by atoms with Crippen LogP contribution in [0, 0.1) is 42.8 Å². The fraction of sp³-hybridized carbons (Fsp3) is 0.405. The molecular weight excluding hydrogens is 696 g/mol. The first kappa shape index (κ1) is 33.8. The molecule has 0 radical (unpaired) electrons. The van der Waals surface area contributed by atoms with Crippen molar-refractivity contribution in [1.82, 2.24) is 19.8 Å². The van der Waals surface area contributed by atoms with Crippen molar-refractivity contribution in [2.75, 3.05) is 13.1 Å². The van der Waals surface area contributed by atoms with Crippen LogP contribution >= 0.6 is 23.2 Å². The molecule has 10 rings (SSSR count). The molecule has 5 unspecified atom stereocenters. The Morgan fingerprint density at radius 1 is 1.08 bits per heavy atom. The van der Waals surface area contributed by atoms with E-state index in [4.69, 9.17) is 32.9 Å². The van der Waals surface area contributed by atoms with E-state index in [-0.39, 0.29) is 53.0 Å². The van der Waals surface area contributed by atoms with Gasteiger partial charge in [0.1, 0.15) is 5.52 Å². The highest BCUT2D eigenvalue weighted by Gasteiger charge is 2.51. The summed E-state index contributed by atoms with van der Waals surface area (Å²) in [6, 6.07) is 20.2. The van der Waals surface area contributed by atoms with E-state index in [1.807, 2.05) is 25.1 Å². The summed E-state index contributed by atoms with van der Waals surface area (Å²) in [6.45, 7) is 5.99. The first-order chi connectivity index (χ1) is 25.2. The molecule has 3 aliphatic heterocycles. The lowest BCUT2D eigenvalue weighted by molar-refractivity contribution is -0.134. The zero-order valence-corrected chi connectivity index (χ0v) is 30.8. The van der Waals surface area contributed by atoms with E-state index >= 15 is 4.39 Å². The van der Waals surface area contributed by atoms with Crippen LogP contribution in [0.3, 0.4) is 0 Å². The molecule has 3 saturated heterocycles. The van der Waals surface area contributed by atoms with E-state index < -0.39 is 5.82 Å². The summed E-state index contributed by atoms with van der Waals surface area (Å²) in [5, 5.41) is 15.6. The van der Waals surface area contributed by atoms with Crippen molar-refractivity contribution in [1.29, 1.82) is 5.26 Å². The van der Waals surface area contributed by atoms with Gasteiger partial charge in [-0.3, -0.25) is 4.79 Å². The Balaban J connectivity index is 1.23. The van der Waals surface area contributed by atoms with E-state index in [1.54, 1.807) is 18.2 Å². The maximum absolute atomic E-state index is 17.2. The molecule has 2 aliphatic carbocycles. The molecular formula is C42H40Cl2FN5O2. The molecule has 7 nitrogen and oxygen atoms in total. The smallest absolute Gasteiger partial charge is 0.226 e. The summed E-state index contributed by atoms with van der Waals surface area (Å²) in [5.41, 5.74) is 6.82. The van der Waals surface area contributed by atoms with Crippen LogP contribution in [0.5, 0.6) is 0 Å². The lowest BCUT2D eigenvalue weighted by atomic mass is 9.79. The van der Waals surface area contributed by atoms with Crippen LogP contribution in [-0.2, 0) is 22.6 Å². The highest BCUT2D eigenvalue weighted by Crippen LogP contribution is 2.51. The molecule has 2 aromatic heterocycles. The number of nitrogens with one attached hydrogen (secondary N) is 1. The Bertz CT molecular complexity index is 2300. The van der Waals surface area contributed by atoms with Gasteiger partial charge in [-0.15, -0.1) is 0 Å². The average Bonchev–Trinajstić information content (AvgIpc) is 3.43. The van der Waals surface area contributed by atoms with Crippen molar-refractivity contribution in [2.24, 2.45) is 11.8 Å². The van der Waals surface area contributed by atoms with Gasteiger partial charge in [0.15, 0.2) is 5.82 Å². The summed E-state index contributed by atoms with van der Waals surface area (Å²) in [4.78, 5) is 21.0. The molecule has 5 heterocycles. The zero-order chi connectivity index (χ0) is 35.8. The summed E-state index contributed by atoms with van der Waals surface area (Å²) in [7, 11) is 0. The summed E-state index contributed by atoms with van der Waals surface area (Å²) in [6.07, 6.45) is 4.05. The topological polar surface area (TPSA) is 83.2 Å². The largest absolute Gasteiger partial charge is 0.372 e. The van der Waals surface area contributed by atoms with Crippen molar-refractivity contribution in [3.05, 3.63) is 98.5 Å². The van der Waals surface area contributed by atoms with Gasteiger partial charge in [0.2, 0.25) is 5.91 Å². The maximum atomic E-state index is 17.2. The van der Waals surface area contributed by atoms with Gasteiger partial charge in [-0.2, -0.15) is 5.26 Å². The van der Waals surface area contributed by atoms with Crippen molar-refractivity contribution >= 4 is 50.9 Å². The highest BCUT2D eigenvalue weighted by molar-refractivity contribution is 6.43. The molecule has 5 atom stereocenters. The SMILES string of the molecule is Cc1ccccc1COC1CC(c2cc3c(C)nc4c(F)c(-c5cccc(Cl)c5Cl)c(CCC#N)cc4c3n2C2C3CNC2C3)N(C(=O)C2CC2)C1. The lowest BCUT2D eigenvalue weighted by Crippen LogP contribution is -2.41. The number of carbonyl (C=O) groups is 1. The number of aromatic nitrogens is 2. The standard InChI is InChI=1S/C42H40Cl2FN5O2/c1-22-7-3-4-8-26(22)21-52-28-17-34(49(20-28)42(51)24-12-13-24)35-18-30-23(2)48-39-31(41(30)50(35)40-27-16-33(40)47-19-27)15-25(9-6-14-46)36(38(39)45)29-10-5-11-32(43)37(29)44/h3-5,7-8,10-11,15,18,24,27-28,33-34,40,47H,6,9,12-13,16-17,19-21H2,1-2H3. The third kappa shape index (κ3) is 5.51. The second kappa shape index (κ2) is 13.1. The molecule has 3 aromatic carbocycles. The van der Waals surface area contributed by atoms with Crippen molar-refractivity contribution in [3.8, 4) is 17.2 Å². The van der Waals surface area contributed by atoms with Crippen LogP contribution in [0.2, 0.25) is 10.0 Å². The van der Waals surface area contributed by atoms with Gasteiger partial charge < -0.3 is 19.5 Å². The lowest BCUT2D eigenvalue weighted by Gasteiger charge is -2.39. The molecule has 1 amide bonds. The molecule has 5 fully saturated rings. The highest BCUT2D eigenvalue weighted by atomic mass is 35.5. The Kier molecular flexibility index (Phi) is 8.54. The van der Waals surface area contributed by atoms with Gasteiger partial charge in [-0.1, -0.05) is 59.6 Å². The average molecular weight is 737 g/mol. The molecule has 0 spiro atoms. The molecule has 2 saturated carbocycles. The number of pyridine rings is 1. The van der Waals surface area contributed by atoms with Crippen molar-refractivity contribution < 1.29 is 13.9 Å². The monoisotopic (exact) mass is 735 g/mol. The normalized spacial score (nSPS) is 23.8. The van der Waals surface area contributed by atoms with E-state index in [0.29, 0.717) is 59.0 Å². The number of halogens is 3. The molecule has 5 aromatic rings.